The number of carboxylic acid groups (broad SMARTS) is 1. The molecule has 2 aromatic rings. The normalized spacial score (nSPS) is 15.2. The molecule has 1 aliphatic heterocycles. The van der Waals surface area contributed by atoms with Crippen LogP contribution in [0.25, 0.3) is 0 Å². The fraction of sp³-hybridized carbons (Fsp3) is 0.346. The molecule has 1 atom stereocenters. The van der Waals surface area contributed by atoms with Gasteiger partial charge in [-0.3, -0.25) is 19.4 Å². The van der Waals surface area contributed by atoms with Gasteiger partial charge in [-0.1, -0.05) is 43.2 Å². The quantitative estimate of drug-likeness (QED) is 0.410. The highest BCUT2D eigenvalue weighted by Crippen LogP contribution is 2.30. The van der Waals surface area contributed by atoms with Crippen LogP contribution >= 0.6 is 0 Å². The minimum atomic E-state index is -1.40. The SMILES string of the molecule is C[C@@H]1N=C(c2ccccc2)c2cc(NC(=O)CCCCCCC(=O)C(=O)O)ccc2N(C)C1=O. The molecule has 1 aliphatic rings. The van der Waals surface area contributed by atoms with Gasteiger partial charge in [0.15, 0.2) is 0 Å². The van der Waals surface area contributed by atoms with Crippen LogP contribution < -0.4 is 10.2 Å². The fourth-order valence-corrected chi connectivity index (χ4v) is 3.89. The van der Waals surface area contributed by atoms with Gasteiger partial charge in [-0.25, -0.2) is 4.79 Å². The molecular formula is C26H29N3O5. The first-order chi connectivity index (χ1) is 16.3. The topological polar surface area (TPSA) is 116 Å². The molecule has 2 aromatic carbocycles. The molecule has 0 fully saturated rings. The zero-order valence-electron chi connectivity index (χ0n) is 19.4. The van der Waals surface area contributed by atoms with Crippen molar-refractivity contribution in [1.29, 1.82) is 0 Å². The number of hydrogen-bond acceptors (Lipinski definition) is 5. The van der Waals surface area contributed by atoms with Gasteiger partial charge >= 0.3 is 5.97 Å². The van der Waals surface area contributed by atoms with E-state index >= 15 is 0 Å². The van der Waals surface area contributed by atoms with Crippen LogP contribution in [0.4, 0.5) is 11.4 Å². The number of aliphatic imine (C=N–C) groups is 1. The molecule has 1 heterocycles. The summed E-state index contributed by atoms with van der Waals surface area (Å²) in [5.41, 5.74) is 3.71. The van der Waals surface area contributed by atoms with Gasteiger partial charge in [0.1, 0.15) is 6.04 Å². The molecule has 0 spiro atoms. The van der Waals surface area contributed by atoms with E-state index in [1.54, 1.807) is 24.9 Å². The Bertz CT molecular complexity index is 1110. The second-order valence-electron chi connectivity index (χ2n) is 8.34. The standard InChI is InChI=1S/C26H29N3O5/c1-17-25(32)29(2)21-15-14-19(16-20(21)24(27-17)18-10-6-5-7-11-18)28-23(31)13-9-4-3-8-12-22(30)26(33)34/h5-7,10-11,14-17H,3-4,8-9,12-13H2,1-2H3,(H,28,31)(H,33,34)/t17-/m0/s1. The molecule has 2 N–H and O–H groups in total. The van der Waals surface area contributed by atoms with Crippen molar-refractivity contribution in [3.05, 3.63) is 59.7 Å². The average molecular weight is 464 g/mol. The number of amides is 2. The maximum atomic E-state index is 12.7. The van der Waals surface area contributed by atoms with Crippen molar-refractivity contribution < 1.29 is 24.3 Å². The number of aliphatic carboxylic acids is 1. The Morgan fingerprint density at radius 2 is 1.68 bits per heavy atom. The Morgan fingerprint density at radius 1 is 1.00 bits per heavy atom. The molecule has 0 unspecified atom stereocenters. The molecule has 0 bridgehead atoms. The first-order valence-corrected chi connectivity index (χ1v) is 11.4. The van der Waals surface area contributed by atoms with E-state index in [9.17, 15) is 19.2 Å². The molecule has 0 radical (unpaired) electrons. The summed E-state index contributed by atoms with van der Waals surface area (Å²) in [6.07, 6.45) is 2.92. The zero-order valence-corrected chi connectivity index (χ0v) is 19.4. The number of likely N-dealkylation sites (N-methyl/N-ethyl adjacent to an activating group) is 1. The van der Waals surface area contributed by atoms with Crippen LogP contribution in [-0.4, -0.2) is 47.5 Å². The average Bonchev–Trinajstić information content (AvgIpc) is 2.92. The van der Waals surface area contributed by atoms with E-state index in [1.807, 2.05) is 42.5 Å². The van der Waals surface area contributed by atoms with E-state index in [2.05, 4.69) is 5.32 Å². The molecule has 34 heavy (non-hydrogen) atoms. The summed E-state index contributed by atoms with van der Waals surface area (Å²) in [4.78, 5) is 53.1. The van der Waals surface area contributed by atoms with Gasteiger partial charge in [0.2, 0.25) is 11.7 Å². The predicted molar refractivity (Wildman–Crippen MR) is 130 cm³/mol. The monoisotopic (exact) mass is 463 g/mol. The van der Waals surface area contributed by atoms with Gasteiger partial charge < -0.3 is 15.3 Å². The molecule has 8 nitrogen and oxygen atoms in total. The molecule has 0 saturated carbocycles. The minimum absolute atomic E-state index is 0.0253. The summed E-state index contributed by atoms with van der Waals surface area (Å²) in [6, 6.07) is 14.6. The fourth-order valence-electron chi connectivity index (χ4n) is 3.89. The van der Waals surface area contributed by atoms with E-state index in [0.717, 1.165) is 23.2 Å². The van der Waals surface area contributed by atoms with Crippen LogP contribution in [0.5, 0.6) is 0 Å². The summed E-state index contributed by atoms with van der Waals surface area (Å²) in [7, 11) is 1.73. The van der Waals surface area contributed by atoms with Crippen molar-refractivity contribution in [1.82, 2.24) is 0 Å². The molecule has 3 rings (SSSR count). The number of unbranched alkanes of at least 4 members (excludes halogenated alkanes) is 3. The number of fused-ring (bicyclic) bond motifs is 1. The number of Topliss-reactive ketones (excluding diaryl/α,β-unsaturated/α-hetero) is 1. The highest BCUT2D eigenvalue weighted by molar-refractivity contribution is 6.32. The second kappa shape index (κ2) is 11.4. The number of carbonyl (C=O) groups excluding carboxylic acids is 3. The molecular weight excluding hydrogens is 434 g/mol. The van der Waals surface area contributed by atoms with Gasteiger partial charge in [-0.2, -0.15) is 0 Å². The Morgan fingerprint density at radius 3 is 2.35 bits per heavy atom. The van der Waals surface area contributed by atoms with Crippen LogP contribution in [-0.2, 0) is 19.2 Å². The minimum Gasteiger partial charge on any atom is -0.476 e. The largest absolute Gasteiger partial charge is 0.476 e. The second-order valence-corrected chi connectivity index (χ2v) is 8.34. The summed E-state index contributed by atoms with van der Waals surface area (Å²) in [6.45, 7) is 1.77. The van der Waals surface area contributed by atoms with Crippen molar-refractivity contribution in [3.8, 4) is 0 Å². The van der Waals surface area contributed by atoms with Crippen LogP contribution in [0.2, 0.25) is 0 Å². The highest BCUT2D eigenvalue weighted by Gasteiger charge is 2.27. The zero-order chi connectivity index (χ0) is 24.7. The van der Waals surface area contributed by atoms with Gasteiger partial charge in [-0.15, -0.1) is 0 Å². The van der Waals surface area contributed by atoms with Crippen molar-refractivity contribution in [2.24, 2.45) is 4.99 Å². The molecule has 0 aliphatic carbocycles. The first-order valence-electron chi connectivity index (χ1n) is 11.4. The summed E-state index contributed by atoms with van der Waals surface area (Å²) >= 11 is 0. The van der Waals surface area contributed by atoms with Crippen molar-refractivity contribution in [2.45, 2.75) is 51.5 Å². The third kappa shape index (κ3) is 6.15. The maximum absolute atomic E-state index is 12.7. The van der Waals surface area contributed by atoms with E-state index in [1.165, 1.54) is 0 Å². The van der Waals surface area contributed by atoms with E-state index in [0.29, 0.717) is 37.1 Å². The number of carbonyl (C=O) groups is 4. The molecule has 178 valence electrons. The third-order valence-corrected chi connectivity index (χ3v) is 5.75. The Labute approximate surface area is 198 Å². The maximum Gasteiger partial charge on any atom is 0.372 e. The van der Waals surface area contributed by atoms with Crippen LogP contribution in [0.3, 0.4) is 0 Å². The number of carboxylic acids is 1. The van der Waals surface area contributed by atoms with Gasteiger partial charge in [0.25, 0.3) is 5.91 Å². The Hall–Kier alpha value is -3.81. The molecule has 0 aromatic heterocycles. The number of benzodiazepines with no additional fused rings is 1. The van der Waals surface area contributed by atoms with E-state index in [-0.39, 0.29) is 18.2 Å². The lowest BCUT2D eigenvalue weighted by molar-refractivity contribution is -0.149. The van der Waals surface area contributed by atoms with Crippen molar-refractivity contribution in [3.63, 3.8) is 0 Å². The Balaban J connectivity index is 1.67. The number of benzene rings is 2. The number of nitrogens with one attached hydrogen (secondary N) is 1. The summed E-state index contributed by atoms with van der Waals surface area (Å²) < 4.78 is 0. The van der Waals surface area contributed by atoms with Crippen molar-refractivity contribution in [2.75, 3.05) is 17.3 Å². The van der Waals surface area contributed by atoms with Crippen LogP contribution in [0.15, 0.2) is 53.5 Å². The van der Waals surface area contributed by atoms with Gasteiger partial charge in [0, 0.05) is 36.7 Å². The van der Waals surface area contributed by atoms with Crippen LogP contribution in [0, 0.1) is 0 Å². The number of rotatable bonds is 10. The number of hydrogen-bond donors (Lipinski definition) is 2. The summed E-state index contributed by atoms with van der Waals surface area (Å²) in [5, 5.41) is 11.5. The molecule has 0 saturated heterocycles. The Kier molecular flexibility index (Phi) is 8.29. The number of anilines is 2. The lowest BCUT2D eigenvalue weighted by Gasteiger charge is -2.20. The lowest BCUT2D eigenvalue weighted by Crippen LogP contribution is -2.33. The first kappa shape index (κ1) is 24.8. The molecule has 8 heteroatoms. The van der Waals surface area contributed by atoms with Gasteiger partial charge in [0.05, 0.1) is 11.4 Å². The number of nitrogens with zero attached hydrogens (tertiary/aromatic N) is 2. The lowest BCUT2D eigenvalue weighted by atomic mass is 9.99. The summed E-state index contributed by atoms with van der Waals surface area (Å²) in [5.74, 6) is -2.41. The smallest absolute Gasteiger partial charge is 0.372 e. The highest BCUT2D eigenvalue weighted by atomic mass is 16.4. The van der Waals surface area contributed by atoms with E-state index < -0.39 is 17.8 Å². The van der Waals surface area contributed by atoms with Gasteiger partial charge in [-0.05, 0) is 38.0 Å². The third-order valence-electron chi connectivity index (χ3n) is 5.75. The number of ketones is 1. The van der Waals surface area contributed by atoms with Crippen LogP contribution in [0.1, 0.15) is 56.6 Å². The predicted octanol–water partition coefficient (Wildman–Crippen LogP) is 3.82. The van der Waals surface area contributed by atoms with E-state index in [4.69, 9.17) is 10.1 Å². The van der Waals surface area contributed by atoms with Crippen molar-refractivity contribution >= 4 is 40.7 Å². The molecule has 2 amide bonds.